The van der Waals surface area contributed by atoms with Crippen molar-refractivity contribution in [3.8, 4) is 11.5 Å². The van der Waals surface area contributed by atoms with Crippen LogP contribution < -0.4 is 20.1 Å². The minimum atomic E-state index is -0.474. The summed E-state index contributed by atoms with van der Waals surface area (Å²) in [4.78, 5) is 20.2. The number of primary amides is 1. The van der Waals surface area contributed by atoms with Crippen LogP contribution in [0.5, 0.6) is 11.5 Å². The molecule has 1 atom stereocenters. The monoisotopic (exact) mass is 374 g/mol. The highest BCUT2D eigenvalue weighted by molar-refractivity contribution is 7.13. The second-order valence-corrected chi connectivity index (χ2v) is 7.32. The summed E-state index contributed by atoms with van der Waals surface area (Å²) in [6.45, 7) is 7.04. The van der Waals surface area contributed by atoms with Gasteiger partial charge in [0, 0.05) is 37.6 Å². The lowest BCUT2D eigenvalue weighted by Gasteiger charge is -2.38. The van der Waals surface area contributed by atoms with Gasteiger partial charge in [0.05, 0.1) is 0 Å². The molecule has 138 valence electrons. The zero-order valence-corrected chi connectivity index (χ0v) is 15.5. The van der Waals surface area contributed by atoms with Crippen LogP contribution in [-0.2, 0) is 0 Å². The van der Waals surface area contributed by atoms with Gasteiger partial charge in [0.25, 0.3) is 5.91 Å². The van der Waals surface area contributed by atoms with Crippen LogP contribution in [0.2, 0.25) is 0 Å². The van der Waals surface area contributed by atoms with Crippen molar-refractivity contribution in [1.29, 1.82) is 0 Å². The van der Waals surface area contributed by atoms with Crippen LogP contribution in [-0.4, -0.2) is 55.2 Å². The fourth-order valence-electron chi connectivity index (χ4n) is 3.35. The number of thiazole rings is 1. The van der Waals surface area contributed by atoms with Gasteiger partial charge in [-0.3, -0.25) is 9.69 Å². The molecule has 26 heavy (non-hydrogen) atoms. The first-order chi connectivity index (χ1) is 12.6. The molecule has 8 heteroatoms. The molecule has 0 bridgehead atoms. The van der Waals surface area contributed by atoms with Gasteiger partial charge in [-0.15, -0.1) is 11.3 Å². The SMILES string of the molecule is CC(c1ccc2c(c1)OCCO2)N1CCN(c2nc(C(N)=O)cs2)CC1. The topological polar surface area (TPSA) is 80.9 Å². The van der Waals surface area contributed by atoms with Gasteiger partial charge in [-0.2, -0.15) is 0 Å². The number of carbonyl (C=O) groups is 1. The van der Waals surface area contributed by atoms with Crippen molar-refractivity contribution in [2.45, 2.75) is 13.0 Å². The number of ether oxygens (including phenoxy) is 2. The molecule has 2 N–H and O–H groups in total. The van der Waals surface area contributed by atoms with E-state index in [1.807, 2.05) is 6.07 Å². The molecule has 1 saturated heterocycles. The van der Waals surface area contributed by atoms with Gasteiger partial charge in [-0.25, -0.2) is 4.98 Å². The molecule has 1 unspecified atom stereocenters. The summed E-state index contributed by atoms with van der Waals surface area (Å²) >= 11 is 1.47. The number of nitrogens with two attached hydrogens (primary N) is 1. The summed E-state index contributed by atoms with van der Waals surface area (Å²) in [5.74, 6) is 1.19. The Kier molecular flexibility index (Phi) is 4.69. The lowest BCUT2D eigenvalue weighted by Crippen LogP contribution is -2.47. The first-order valence-corrected chi connectivity index (χ1v) is 9.63. The summed E-state index contributed by atoms with van der Waals surface area (Å²) in [6.07, 6.45) is 0. The Labute approximate surface area is 156 Å². The molecule has 1 amide bonds. The van der Waals surface area contributed by atoms with Crippen LogP contribution in [0.1, 0.15) is 29.0 Å². The summed E-state index contributed by atoms with van der Waals surface area (Å²) in [5, 5.41) is 2.59. The summed E-state index contributed by atoms with van der Waals surface area (Å²) < 4.78 is 11.3. The summed E-state index contributed by atoms with van der Waals surface area (Å²) in [6, 6.07) is 6.50. The molecule has 1 aromatic carbocycles. The number of carbonyl (C=O) groups excluding carboxylic acids is 1. The van der Waals surface area contributed by atoms with Crippen LogP contribution in [0.15, 0.2) is 23.6 Å². The fourth-order valence-corrected chi connectivity index (χ4v) is 4.22. The highest BCUT2D eigenvalue weighted by Crippen LogP contribution is 2.34. The van der Waals surface area contributed by atoms with Crippen LogP contribution in [0.4, 0.5) is 5.13 Å². The minimum Gasteiger partial charge on any atom is -0.486 e. The van der Waals surface area contributed by atoms with E-state index >= 15 is 0 Å². The Bertz CT molecular complexity index is 801. The lowest BCUT2D eigenvalue weighted by atomic mass is 10.1. The minimum absolute atomic E-state index is 0.297. The van der Waals surface area contributed by atoms with Gasteiger partial charge in [-0.05, 0) is 24.6 Å². The van der Waals surface area contributed by atoms with Gasteiger partial charge in [0.2, 0.25) is 0 Å². The van der Waals surface area contributed by atoms with Crippen LogP contribution in [0.25, 0.3) is 0 Å². The molecule has 0 spiro atoms. The van der Waals surface area contributed by atoms with Crippen molar-refractivity contribution in [1.82, 2.24) is 9.88 Å². The average Bonchev–Trinajstić information content (AvgIpc) is 3.18. The first kappa shape index (κ1) is 17.1. The number of aromatic nitrogens is 1. The number of benzene rings is 1. The van der Waals surface area contributed by atoms with Crippen LogP contribution >= 0.6 is 11.3 Å². The van der Waals surface area contributed by atoms with Gasteiger partial charge in [0.15, 0.2) is 16.6 Å². The predicted molar refractivity (Wildman–Crippen MR) is 100 cm³/mol. The highest BCUT2D eigenvalue weighted by Gasteiger charge is 2.25. The number of piperazine rings is 1. The predicted octanol–water partition coefficient (Wildman–Crippen LogP) is 1.90. The van der Waals surface area contributed by atoms with Crippen molar-refractivity contribution in [3.05, 3.63) is 34.8 Å². The van der Waals surface area contributed by atoms with Crippen molar-refractivity contribution in [3.63, 3.8) is 0 Å². The molecule has 4 rings (SSSR count). The largest absolute Gasteiger partial charge is 0.486 e. The van der Waals surface area contributed by atoms with E-state index in [1.165, 1.54) is 16.9 Å². The molecular formula is C18H22N4O3S. The fraction of sp³-hybridized carbons (Fsp3) is 0.444. The Balaban J connectivity index is 1.40. The number of fused-ring (bicyclic) bond motifs is 1. The molecule has 0 aliphatic carbocycles. The van der Waals surface area contributed by atoms with E-state index in [0.29, 0.717) is 24.9 Å². The Morgan fingerprint density at radius 2 is 1.92 bits per heavy atom. The van der Waals surface area contributed by atoms with Crippen molar-refractivity contribution < 1.29 is 14.3 Å². The van der Waals surface area contributed by atoms with E-state index in [0.717, 1.165) is 42.8 Å². The van der Waals surface area contributed by atoms with E-state index in [-0.39, 0.29) is 0 Å². The van der Waals surface area contributed by atoms with Crippen molar-refractivity contribution in [2.75, 3.05) is 44.3 Å². The first-order valence-electron chi connectivity index (χ1n) is 8.75. The van der Waals surface area contributed by atoms with Gasteiger partial charge in [0.1, 0.15) is 18.9 Å². The molecular weight excluding hydrogens is 352 g/mol. The molecule has 1 fully saturated rings. The number of amides is 1. The quantitative estimate of drug-likeness (QED) is 0.880. The van der Waals surface area contributed by atoms with Gasteiger partial charge < -0.3 is 20.1 Å². The smallest absolute Gasteiger partial charge is 0.268 e. The third-order valence-electron chi connectivity index (χ3n) is 4.93. The number of anilines is 1. The van der Waals surface area contributed by atoms with Crippen LogP contribution in [0, 0.1) is 0 Å². The number of hydrogen-bond donors (Lipinski definition) is 1. The zero-order chi connectivity index (χ0) is 18.1. The van der Waals surface area contributed by atoms with E-state index in [1.54, 1.807) is 5.38 Å². The van der Waals surface area contributed by atoms with E-state index in [2.05, 4.69) is 33.8 Å². The molecule has 7 nitrogen and oxygen atoms in total. The summed E-state index contributed by atoms with van der Waals surface area (Å²) in [5.41, 5.74) is 6.86. The highest BCUT2D eigenvalue weighted by atomic mass is 32.1. The van der Waals surface area contributed by atoms with Crippen molar-refractivity contribution in [2.24, 2.45) is 5.73 Å². The third kappa shape index (κ3) is 3.34. The zero-order valence-electron chi connectivity index (χ0n) is 14.7. The lowest BCUT2D eigenvalue weighted by molar-refractivity contribution is 0.0996. The summed E-state index contributed by atoms with van der Waals surface area (Å²) in [7, 11) is 0. The average molecular weight is 374 g/mol. The van der Waals surface area contributed by atoms with Gasteiger partial charge in [-0.1, -0.05) is 6.07 Å². The molecule has 3 heterocycles. The van der Waals surface area contributed by atoms with Crippen molar-refractivity contribution >= 4 is 22.4 Å². The van der Waals surface area contributed by atoms with E-state index in [9.17, 15) is 4.79 Å². The maximum Gasteiger partial charge on any atom is 0.268 e. The van der Waals surface area contributed by atoms with E-state index in [4.69, 9.17) is 15.2 Å². The number of hydrogen-bond acceptors (Lipinski definition) is 7. The van der Waals surface area contributed by atoms with Crippen LogP contribution in [0.3, 0.4) is 0 Å². The Morgan fingerprint density at radius 3 is 2.62 bits per heavy atom. The normalized spacial score (nSPS) is 18.6. The molecule has 2 aliphatic heterocycles. The molecule has 2 aliphatic rings. The third-order valence-corrected chi connectivity index (χ3v) is 5.83. The molecule has 1 aromatic heterocycles. The second kappa shape index (κ2) is 7.13. The maximum absolute atomic E-state index is 11.2. The molecule has 2 aromatic rings. The number of nitrogens with zero attached hydrogens (tertiary/aromatic N) is 3. The Hall–Kier alpha value is -2.32. The molecule has 0 saturated carbocycles. The van der Waals surface area contributed by atoms with Gasteiger partial charge >= 0.3 is 0 Å². The maximum atomic E-state index is 11.2. The Morgan fingerprint density at radius 1 is 1.19 bits per heavy atom. The second-order valence-electron chi connectivity index (χ2n) is 6.48. The molecule has 0 radical (unpaired) electrons. The standard InChI is InChI=1S/C18H22N4O3S/c1-12(13-2-3-15-16(10-13)25-9-8-24-15)21-4-6-22(7-5-21)18-20-14(11-26-18)17(19)23/h2-3,10-12H,4-9H2,1H3,(H2,19,23). The number of rotatable bonds is 4. The van der Waals surface area contributed by atoms with E-state index < -0.39 is 5.91 Å².